The molecule has 22 heavy (non-hydrogen) atoms. The average molecular weight is 291 g/mol. The Balaban J connectivity index is 2.02. The van der Waals surface area contributed by atoms with E-state index in [1.165, 1.54) is 16.7 Å². The van der Waals surface area contributed by atoms with Crippen LogP contribution in [0.15, 0.2) is 48.5 Å². The van der Waals surface area contributed by atoms with Gasteiger partial charge in [0.05, 0.1) is 12.2 Å². The first kappa shape index (κ1) is 14.4. The van der Waals surface area contributed by atoms with Crippen LogP contribution in [0.5, 0.6) is 0 Å². The van der Waals surface area contributed by atoms with Gasteiger partial charge < -0.3 is 5.73 Å². The van der Waals surface area contributed by atoms with Crippen molar-refractivity contribution in [2.45, 2.75) is 27.3 Å². The fraction of sp³-hybridized carbons (Fsp3) is 0.211. The van der Waals surface area contributed by atoms with Gasteiger partial charge in [-0.2, -0.15) is 5.10 Å². The Labute approximate surface area is 131 Å². The number of nitrogens with two attached hydrogens (primary N) is 1. The van der Waals surface area contributed by atoms with Crippen LogP contribution in [0.4, 0.5) is 5.82 Å². The number of aromatic nitrogens is 2. The summed E-state index contributed by atoms with van der Waals surface area (Å²) in [5, 5.41) is 4.76. The van der Waals surface area contributed by atoms with Crippen LogP contribution < -0.4 is 5.73 Å². The maximum Gasteiger partial charge on any atom is 0.125 e. The first-order chi connectivity index (χ1) is 10.6. The van der Waals surface area contributed by atoms with Gasteiger partial charge in [0.15, 0.2) is 0 Å². The van der Waals surface area contributed by atoms with Gasteiger partial charge in [-0.3, -0.25) is 0 Å². The molecule has 0 fully saturated rings. The fourth-order valence-corrected chi connectivity index (χ4v) is 2.78. The maximum absolute atomic E-state index is 6.27. The molecule has 0 aliphatic rings. The molecule has 3 heteroatoms. The monoisotopic (exact) mass is 291 g/mol. The van der Waals surface area contributed by atoms with Crippen molar-refractivity contribution < 1.29 is 0 Å². The Kier molecular flexibility index (Phi) is 3.72. The van der Waals surface area contributed by atoms with E-state index >= 15 is 0 Å². The second-order valence-electron chi connectivity index (χ2n) is 5.82. The van der Waals surface area contributed by atoms with Crippen LogP contribution in [0, 0.1) is 20.8 Å². The minimum atomic E-state index is 0.693. The van der Waals surface area contributed by atoms with Gasteiger partial charge in [0.1, 0.15) is 5.82 Å². The van der Waals surface area contributed by atoms with Crippen LogP contribution in [-0.2, 0) is 6.54 Å². The SMILES string of the molecule is Cc1ccc(-c2nn(Cc3ccccc3)c(N)c2C)c(C)c1. The minimum absolute atomic E-state index is 0.693. The van der Waals surface area contributed by atoms with Gasteiger partial charge in [-0.15, -0.1) is 0 Å². The number of benzene rings is 2. The highest BCUT2D eigenvalue weighted by Gasteiger charge is 2.15. The molecule has 0 spiro atoms. The van der Waals surface area contributed by atoms with Crippen LogP contribution in [0.2, 0.25) is 0 Å². The molecule has 0 unspecified atom stereocenters. The maximum atomic E-state index is 6.27. The highest BCUT2D eigenvalue weighted by molar-refractivity contribution is 5.71. The molecule has 0 saturated heterocycles. The Morgan fingerprint density at radius 1 is 1.00 bits per heavy atom. The van der Waals surface area contributed by atoms with Crippen molar-refractivity contribution in [3.63, 3.8) is 0 Å². The van der Waals surface area contributed by atoms with Crippen molar-refractivity contribution in [3.05, 3.63) is 70.8 Å². The Morgan fingerprint density at radius 2 is 1.73 bits per heavy atom. The van der Waals surface area contributed by atoms with Crippen molar-refractivity contribution in [2.75, 3.05) is 5.73 Å². The second kappa shape index (κ2) is 5.68. The van der Waals surface area contributed by atoms with Crippen molar-refractivity contribution >= 4 is 5.82 Å². The Bertz CT molecular complexity index is 801. The zero-order chi connectivity index (χ0) is 15.7. The summed E-state index contributed by atoms with van der Waals surface area (Å²) >= 11 is 0. The lowest BCUT2D eigenvalue weighted by Gasteiger charge is -2.05. The molecule has 2 N–H and O–H groups in total. The van der Waals surface area contributed by atoms with E-state index in [9.17, 15) is 0 Å². The molecule has 2 aromatic carbocycles. The zero-order valence-corrected chi connectivity index (χ0v) is 13.3. The predicted molar refractivity (Wildman–Crippen MR) is 91.8 cm³/mol. The highest BCUT2D eigenvalue weighted by atomic mass is 15.3. The zero-order valence-electron chi connectivity index (χ0n) is 13.3. The molecule has 3 aromatic rings. The van der Waals surface area contributed by atoms with Crippen molar-refractivity contribution in [2.24, 2.45) is 0 Å². The van der Waals surface area contributed by atoms with E-state index in [4.69, 9.17) is 10.8 Å². The molecule has 0 aliphatic carbocycles. The molecule has 3 rings (SSSR count). The van der Waals surface area contributed by atoms with E-state index in [0.717, 1.165) is 22.6 Å². The number of hydrogen-bond acceptors (Lipinski definition) is 2. The van der Waals surface area contributed by atoms with Gasteiger partial charge in [-0.05, 0) is 31.9 Å². The van der Waals surface area contributed by atoms with Gasteiger partial charge in [-0.1, -0.05) is 54.1 Å². The van der Waals surface area contributed by atoms with Gasteiger partial charge in [0, 0.05) is 11.1 Å². The molecule has 0 atom stereocenters. The van der Waals surface area contributed by atoms with Crippen molar-refractivity contribution in [1.82, 2.24) is 9.78 Å². The average Bonchev–Trinajstić information content (AvgIpc) is 2.77. The smallest absolute Gasteiger partial charge is 0.125 e. The Hall–Kier alpha value is -2.55. The van der Waals surface area contributed by atoms with E-state index in [2.05, 4.69) is 44.2 Å². The lowest BCUT2D eigenvalue weighted by atomic mass is 10.0. The molecule has 0 bridgehead atoms. The fourth-order valence-electron chi connectivity index (χ4n) is 2.78. The number of anilines is 1. The molecule has 3 nitrogen and oxygen atoms in total. The summed E-state index contributed by atoms with van der Waals surface area (Å²) < 4.78 is 1.89. The lowest BCUT2D eigenvalue weighted by molar-refractivity contribution is 0.699. The summed E-state index contributed by atoms with van der Waals surface area (Å²) in [6.07, 6.45) is 0. The third-order valence-corrected chi connectivity index (χ3v) is 4.05. The standard InChI is InChI=1S/C19H21N3/c1-13-9-10-17(14(2)11-13)18-15(3)19(20)22(21-18)12-16-7-5-4-6-8-16/h4-11H,12,20H2,1-3H3. The van der Waals surface area contributed by atoms with Gasteiger partial charge >= 0.3 is 0 Å². The van der Waals surface area contributed by atoms with Crippen LogP contribution in [0.1, 0.15) is 22.3 Å². The molecule has 0 radical (unpaired) electrons. The molecule has 0 aliphatic heterocycles. The molecular formula is C19H21N3. The number of aryl methyl sites for hydroxylation is 2. The lowest BCUT2D eigenvalue weighted by Crippen LogP contribution is -2.06. The topological polar surface area (TPSA) is 43.8 Å². The number of rotatable bonds is 3. The molecule has 1 heterocycles. The van der Waals surface area contributed by atoms with E-state index in [1.807, 2.05) is 29.8 Å². The van der Waals surface area contributed by atoms with E-state index < -0.39 is 0 Å². The van der Waals surface area contributed by atoms with E-state index in [1.54, 1.807) is 0 Å². The number of nitrogen functional groups attached to an aromatic ring is 1. The molecular weight excluding hydrogens is 270 g/mol. The molecule has 1 aromatic heterocycles. The summed E-state index contributed by atoms with van der Waals surface area (Å²) in [6.45, 7) is 6.96. The first-order valence-corrected chi connectivity index (χ1v) is 7.50. The minimum Gasteiger partial charge on any atom is -0.384 e. The van der Waals surface area contributed by atoms with Crippen molar-refractivity contribution in [1.29, 1.82) is 0 Å². The van der Waals surface area contributed by atoms with Gasteiger partial charge in [-0.25, -0.2) is 4.68 Å². The molecule has 0 amide bonds. The molecule has 0 saturated carbocycles. The summed E-state index contributed by atoms with van der Waals surface area (Å²) in [7, 11) is 0. The highest BCUT2D eigenvalue weighted by Crippen LogP contribution is 2.29. The van der Waals surface area contributed by atoms with E-state index in [0.29, 0.717) is 6.54 Å². The van der Waals surface area contributed by atoms with Crippen LogP contribution >= 0.6 is 0 Å². The molecule has 112 valence electrons. The summed E-state index contributed by atoms with van der Waals surface area (Å²) in [5.41, 5.74) is 13.1. The summed E-state index contributed by atoms with van der Waals surface area (Å²) in [5.74, 6) is 0.735. The van der Waals surface area contributed by atoms with Crippen LogP contribution in [-0.4, -0.2) is 9.78 Å². The van der Waals surface area contributed by atoms with Crippen LogP contribution in [0.25, 0.3) is 11.3 Å². The second-order valence-corrected chi connectivity index (χ2v) is 5.82. The third-order valence-electron chi connectivity index (χ3n) is 4.05. The quantitative estimate of drug-likeness (QED) is 0.789. The van der Waals surface area contributed by atoms with E-state index in [-0.39, 0.29) is 0 Å². The third kappa shape index (κ3) is 2.62. The van der Waals surface area contributed by atoms with Crippen LogP contribution in [0.3, 0.4) is 0 Å². The Morgan fingerprint density at radius 3 is 2.41 bits per heavy atom. The van der Waals surface area contributed by atoms with Crippen molar-refractivity contribution in [3.8, 4) is 11.3 Å². The first-order valence-electron chi connectivity index (χ1n) is 7.50. The summed E-state index contributed by atoms with van der Waals surface area (Å²) in [4.78, 5) is 0. The normalized spacial score (nSPS) is 10.9. The summed E-state index contributed by atoms with van der Waals surface area (Å²) in [6, 6.07) is 16.7. The van der Waals surface area contributed by atoms with Gasteiger partial charge in [0.25, 0.3) is 0 Å². The number of hydrogen-bond donors (Lipinski definition) is 1. The van der Waals surface area contributed by atoms with Gasteiger partial charge in [0.2, 0.25) is 0 Å². The number of nitrogens with zero attached hydrogens (tertiary/aromatic N) is 2. The largest absolute Gasteiger partial charge is 0.384 e. The predicted octanol–water partition coefficient (Wildman–Crippen LogP) is 4.11.